The summed E-state index contributed by atoms with van der Waals surface area (Å²) in [6, 6.07) is 2.93. The molecular weight excluding hydrogens is 300 g/mol. The van der Waals surface area contributed by atoms with Gasteiger partial charge < -0.3 is 29.9 Å². The van der Waals surface area contributed by atoms with E-state index in [2.05, 4.69) is 5.32 Å². The lowest BCUT2D eigenvalue weighted by Crippen LogP contribution is -2.49. The maximum absolute atomic E-state index is 12.2. The SMILES string of the molecule is COc1cc(C2CN(C(=O)OC(C)(C)C)CCN2)cc(O)c1O. The molecule has 1 aliphatic rings. The van der Waals surface area contributed by atoms with Gasteiger partial charge in [0.1, 0.15) is 5.60 Å². The highest BCUT2D eigenvalue weighted by atomic mass is 16.6. The highest BCUT2D eigenvalue weighted by Gasteiger charge is 2.29. The van der Waals surface area contributed by atoms with Crippen LogP contribution in [0.4, 0.5) is 4.79 Å². The van der Waals surface area contributed by atoms with Crippen LogP contribution in [0.1, 0.15) is 32.4 Å². The molecule has 1 atom stereocenters. The fourth-order valence-electron chi connectivity index (χ4n) is 2.44. The van der Waals surface area contributed by atoms with Gasteiger partial charge in [-0.05, 0) is 38.5 Å². The molecule has 7 nitrogen and oxygen atoms in total. The van der Waals surface area contributed by atoms with E-state index < -0.39 is 5.60 Å². The van der Waals surface area contributed by atoms with Gasteiger partial charge in [0, 0.05) is 19.6 Å². The van der Waals surface area contributed by atoms with Crippen molar-refractivity contribution in [2.24, 2.45) is 0 Å². The number of aromatic hydroxyl groups is 2. The number of phenolic OH excluding ortho intramolecular Hbond substituents is 2. The highest BCUT2D eigenvalue weighted by molar-refractivity contribution is 5.68. The van der Waals surface area contributed by atoms with Crippen LogP contribution in [0.5, 0.6) is 17.2 Å². The van der Waals surface area contributed by atoms with Crippen molar-refractivity contribution in [1.82, 2.24) is 10.2 Å². The van der Waals surface area contributed by atoms with Gasteiger partial charge in [0.15, 0.2) is 11.5 Å². The minimum absolute atomic E-state index is 0.184. The van der Waals surface area contributed by atoms with Crippen molar-refractivity contribution in [3.05, 3.63) is 17.7 Å². The Morgan fingerprint density at radius 3 is 2.65 bits per heavy atom. The fourth-order valence-corrected chi connectivity index (χ4v) is 2.44. The lowest BCUT2D eigenvalue weighted by Gasteiger charge is -2.35. The molecule has 2 rings (SSSR count). The topological polar surface area (TPSA) is 91.3 Å². The van der Waals surface area contributed by atoms with Crippen LogP contribution in [0.3, 0.4) is 0 Å². The molecule has 1 unspecified atom stereocenters. The monoisotopic (exact) mass is 324 g/mol. The van der Waals surface area contributed by atoms with Gasteiger partial charge in [-0.1, -0.05) is 0 Å². The first-order chi connectivity index (χ1) is 10.7. The third-order valence-corrected chi connectivity index (χ3v) is 3.53. The molecule has 0 spiro atoms. The largest absolute Gasteiger partial charge is 0.504 e. The molecule has 3 N–H and O–H groups in total. The van der Waals surface area contributed by atoms with E-state index in [0.717, 1.165) is 5.56 Å². The Hall–Kier alpha value is -2.15. The number of piperazine rings is 1. The number of carbonyl (C=O) groups is 1. The molecule has 128 valence electrons. The second-order valence-corrected chi connectivity index (χ2v) is 6.52. The summed E-state index contributed by atoms with van der Waals surface area (Å²) in [6.45, 7) is 7.04. The minimum atomic E-state index is -0.544. The number of ether oxygens (including phenoxy) is 2. The average Bonchev–Trinajstić information content (AvgIpc) is 2.48. The fraction of sp³-hybridized carbons (Fsp3) is 0.562. The number of hydrogen-bond donors (Lipinski definition) is 3. The van der Waals surface area contributed by atoms with Crippen molar-refractivity contribution < 1.29 is 24.5 Å². The lowest BCUT2D eigenvalue weighted by atomic mass is 10.0. The van der Waals surface area contributed by atoms with E-state index in [1.165, 1.54) is 13.2 Å². The molecule has 0 saturated carbocycles. The number of rotatable bonds is 2. The zero-order valence-electron chi connectivity index (χ0n) is 13.9. The van der Waals surface area contributed by atoms with Crippen molar-refractivity contribution in [2.45, 2.75) is 32.4 Å². The smallest absolute Gasteiger partial charge is 0.410 e. The Morgan fingerprint density at radius 1 is 1.35 bits per heavy atom. The molecule has 0 aliphatic carbocycles. The maximum Gasteiger partial charge on any atom is 0.410 e. The van der Waals surface area contributed by atoms with E-state index in [9.17, 15) is 15.0 Å². The first-order valence-electron chi connectivity index (χ1n) is 7.52. The van der Waals surface area contributed by atoms with E-state index in [0.29, 0.717) is 19.6 Å². The van der Waals surface area contributed by atoms with E-state index in [1.54, 1.807) is 11.0 Å². The number of hydrogen-bond acceptors (Lipinski definition) is 6. The number of phenols is 2. The number of methoxy groups -OCH3 is 1. The summed E-state index contributed by atoms with van der Waals surface area (Å²) in [4.78, 5) is 13.8. The third-order valence-electron chi connectivity index (χ3n) is 3.53. The molecule has 1 saturated heterocycles. The van der Waals surface area contributed by atoms with Crippen molar-refractivity contribution in [3.63, 3.8) is 0 Å². The Bertz CT molecular complexity index is 583. The third kappa shape index (κ3) is 4.19. The summed E-state index contributed by atoms with van der Waals surface area (Å²) in [5, 5.41) is 22.8. The van der Waals surface area contributed by atoms with Gasteiger partial charge in [-0.25, -0.2) is 4.79 Å². The van der Waals surface area contributed by atoms with Crippen molar-refractivity contribution in [3.8, 4) is 17.2 Å². The van der Waals surface area contributed by atoms with Crippen LogP contribution in [0.15, 0.2) is 12.1 Å². The highest BCUT2D eigenvalue weighted by Crippen LogP contribution is 2.38. The first-order valence-corrected chi connectivity index (χ1v) is 7.52. The molecule has 1 aromatic rings. The van der Waals surface area contributed by atoms with Gasteiger partial charge >= 0.3 is 6.09 Å². The Balaban J connectivity index is 2.15. The van der Waals surface area contributed by atoms with Crippen LogP contribution < -0.4 is 10.1 Å². The number of amides is 1. The van der Waals surface area contributed by atoms with Gasteiger partial charge in [-0.3, -0.25) is 0 Å². The number of nitrogens with one attached hydrogen (secondary N) is 1. The standard InChI is InChI=1S/C16H24N2O5/c1-16(2,3)23-15(21)18-6-5-17-11(9-18)10-7-12(19)14(20)13(8-10)22-4/h7-8,11,17,19-20H,5-6,9H2,1-4H3. The Morgan fingerprint density at radius 2 is 2.04 bits per heavy atom. The van der Waals surface area contributed by atoms with Crippen molar-refractivity contribution in [1.29, 1.82) is 0 Å². The molecule has 0 bridgehead atoms. The number of carbonyl (C=O) groups excluding carboxylic acids is 1. The molecule has 0 aromatic heterocycles. The molecular formula is C16H24N2O5. The maximum atomic E-state index is 12.2. The molecule has 7 heteroatoms. The minimum Gasteiger partial charge on any atom is -0.504 e. The van der Waals surface area contributed by atoms with E-state index >= 15 is 0 Å². The summed E-state index contributed by atoms with van der Waals surface area (Å²) < 4.78 is 10.4. The Labute approximate surface area is 135 Å². The average molecular weight is 324 g/mol. The van der Waals surface area contributed by atoms with Gasteiger partial charge in [-0.15, -0.1) is 0 Å². The van der Waals surface area contributed by atoms with E-state index in [4.69, 9.17) is 9.47 Å². The second-order valence-electron chi connectivity index (χ2n) is 6.52. The molecule has 1 aromatic carbocycles. The lowest BCUT2D eigenvalue weighted by molar-refractivity contribution is 0.0195. The second kappa shape index (κ2) is 6.54. The summed E-state index contributed by atoms with van der Waals surface area (Å²) in [5.41, 5.74) is 0.183. The first kappa shape index (κ1) is 17.2. The van der Waals surface area contributed by atoms with Crippen molar-refractivity contribution >= 4 is 6.09 Å². The summed E-state index contributed by atoms with van der Waals surface area (Å²) >= 11 is 0. The molecule has 1 amide bonds. The molecule has 23 heavy (non-hydrogen) atoms. The van der Waals surface area contributed by atoms with Gasteiger partial charge in [0.25, 0.3) is 0 Å². The summed E-state index contributed by atoms with van der Waals surface area (Å²) in [7, 11) is 1.42. The van der Waals surface area contributed by atoms with Crippen LogP contribution in [-0.4, -0.2) is 53.6 Å². The molecule has 1 heterocycles. The van der Waals surface area contributed by atoms with Gasteiger partial charge in [-0.2, -0.15) is 0 Å². The van der Waals surface area contributed by atoms with Crippen molar-refractivity contribution in [2.75, 3.05) is 26.7 Å². The van der Waals surface area contributed by atoms with Gasteiger partial charge in [0.2, 0.25) is 5.75 Å². The number of benzene rings is 1. The normalized spacial score (nSPS) is 18.6. The molecule has 1 aliphatic heterocycles. The Kier molecular flexibility index (Phi) is 4.89. The van der Waals surface area contributed by atoms with Crippen LogP contribution in [0.25, 0.3) is 0 Å². The zero-order chi connectivity index (χ0) is 17.2. The summed E-state index contributed by atoms with van der Waals surface area (Å²) in [5.74, 6) is -0.359. The molecule has 1 fully saturated rings. The van der Waals surface area contributed by atoms with Crippen LogP contribution >= 0.6 is 0 Å². The number of nitrogens with zero attached hydrogens (tertiary/aromatic N) is 1. The van der Waals surface area contributed by atoms with E-state index in [-0.39, 0.29) is 29.4 Å². The van der Waals surface area contributed by atoms with Crippen LogP contribution in [-0.2, 0) is 4.74 Å². The predicted octanol–water partition coefficient (Wildman–Crippen LogP) is 1.99. The van der Waals surface area contributed by atoms with Crippen LogP contribution in [0, 0.1) is 0 Å². The zero-order valence-corrected chi connectivity index (χ0v) is 13.9. The predicted molar refractivity (Wildman–Crippen MR) is 84.9 cm³/mol. The van der Waals surface area contributed by atoms with Crippen LogP contribution in [0.2, 0.25) is 0 Å². The quantitative estimate of drug-likeness (QED) is 0.721. The van der Waals surface area contributed by atoms with Gasteiger partial charge in [0.05, 0.1) is 13.2 Å². The summed E-state index contributed by atoms with van der Waals surface area (Å²) in [6.07, 6.45) is -0.362. The van der Waals surface area contributed by atoms with E-state index in [1.807, 2.05) is 20.8 Å². The molecule has 0 radical (unpaired) electrons.